The van der Waals surface area contributed by atoms with Crippen molar-refractivity contribution < 1.29 is 4.42 Å². The normalized spacial score (nSPS) is 11.5. The molecule has 12 aromatic rings. The van der Waals surface area contributed by atoms with E-state index in [4.69, 9.17) is 4.42 Å². The average molecular weight is 805 g/mol. The van der Waals surface area contributed by atoms with Crippen LogP contribution in [-0.4, -0.2) is 4.57 Å². The molecule has 0 amide bonds. The fourth-order valence-corrected chi connectivity index (χ4v) is 9.51. The van der Waals surface area contributed by atoms with Crippen molar-refractivity contribution in [3.8, 4) is 50.2 Å². The molecule has 0 bridgehead atoms. The van der Waals surface area contributed by atoms with Gasteiger partial charge in [-0.15, -0.1) is 0 Å². The molecule has 12 rings (SSSR count). The lowest BCUT2D eigenvalue weighted by molar-refractivity contribution is 0.669. The third-order valence-corrected chi connectivity index (χ3v) is 12.4. The third kappa shape index (κ3) is 6.29. The smallest absolute Gasteiger partial charge is 0.136 e. The van der Waals surface area contributed by atoms with Crippen molar-refractivity contribution in [1.29, 1.82) is 0 Å². The van der Waals surface area contributed by atoms with E-state index in [0.717, 1.165) is 78.0 Å². The number of anilines is 3. The molecule has 0 aliphatic carbocycles. The van der Waals surface area contributed by atoms with Crippen molar-refractivity contribution in [2.24, 2.45) is 0 Å². The minimum absolute atomic E-state index is 0.849. The summed E-state index contributed by atoms with van der Waals surface area (Å²) in [5.41, 5.74) is 17.6. The molecule has 296 valence electrons. The zero-order chi connectivity index (χ0) is 41.7. The summed E-state index contributed by atoms with van der Waals surface area (Å²) in [6, 6.07) is 87.2. The molecule has 0 aliphatic heterocycles. The van der Waals surface area contributed by atoms with Gasteiger partial charge in [-0.3, -0.25) is 0 Å². The van der Waals surface area contributed by atoms with Crippen molar-refractivity contribution in [1.82, 2.24) is 4.57 Å². The van der Waals surface area contributed by atoms with Gasteiger partial charge in [-0.25, -0.2) is 0 Å². The lowest BCUT2D eigenvalue weighted by atomic mass is 9.88. The minimum atomic E-state index is 0.849. The molecule has 0 saturated carbocycles. The first-order valence-corrected chi connectivity index (χ1v) is 21.5. The van der Waals surface area contributed by atoms with E-state index in [1.807, 2.05) is 0 Å². The molecule has 0 spiro atoms. The lowest BCUT2D eigenvalue weighted by Crippen LogP contribution is -2.11. The van der Waals surface area contributed by atoms with Gasteiger partial charge in [0.1, 0.15) is 11.2 Å². The van der Waals surface area contributed by atoms with E-state index in [2.05, 4.69) is 252 Å². The summed E-state index contributed by atoms with van der Waals surface area (Å²) in [5.74, 6) is 0. The topological polar surface area (TPSA) is 21.3 Å². The van der Waals surface area contributed by atoms with Gasteiger partial charge in [-0.2, -0.15) is 0 Å². The van der Waals surface area contributed by atoms with Gasteiger partial charge in [0.05, 0.1) is 16.7 Å². The highest BCUT2D eigenvalue weighted by Crippen LogP contribution is 2.50. The van der Waals surface area contributed by atoms with Gasteiger partial charge in [0.2, 0.25) is 0 Å². The second-order valence-corrected chi connectivity index (χ2v) is 16.1. The molecule has 0 N–H and O–H groups in total. The summed E-state index contributed by atoms with van der Waals surface area (Å²) < 4.78 is 9.07. The lowest BCUT2D eigenvalue weighted by Gasteiger charge is -2.29. The van der Waals surface area contributed by atoms with Crippen LogP contribution in [0.5, 0.6) is 0 Å². The summed E-state index contributed by atoms with van der Waals surface area (Å²) in [6.45, 7) is 0. The molecule has 2 heterocycles. The summed E-state index contributed by atoms with van der Waals surface area (Å²) in [5, 5.41) is 4.56. The van der Waals surface area contributed by atoms with E-state index in [-0.39, 0.29) is 0 Å². The van der Waals surface area contributed by atoms with E-state index in [1.54, 1.807) is 0 Å². The number of benzene rings is 10. The number of nitrogens with zero attached hydrogens (tertiary/aromatic N) is 2. The second kappa shape index (κ2) is 15.3. The van der Waals surface area contributed by atoms with E-state index in [1.165, 1.54) is 33.0 Å². The summed E-state index contributed by atoms with van der Waals surface area (Å²) >= 11 is 0. The molecule has 0 radical (unpaired) electrons. The molecule has 10 aromatic carbocycles. The summed E-state index contributed by atoms with van der Waals surface area (Å²) in [6.07, 6.45) is 0. The van der Waals surface area contributed by atoms with Gasteiger partial charge in [-0.1, -0.05) is 170 Å². The quantitative estimate of drug-likeness (QED) is 0.153. The molecule has 63 heavy (non-hydrogen) atoms. The first-order valence-electron chi connectivity index (χ1n) is 21.5. The first-order chi connectivity index (χ1) is 31.3. The van der Waals surface area contributed by atoms with Crippen LogP contribution in [0.15, 0.2) is 247 Å². The Balaban J connectivity index is 1.17. The van der Waals surface area contributed by atoms with Gasteiger partial charge >= 0.3 is 0 Å². The number of para-hydroxylation sites is 3. The Kier molecular flexibility index (Phi) is 8.83. The average Bonchev–Trinajstić information content (AvgIpc) is 3.91. The van der Waals surface area contributed by atoms with Crippen LogP contribution in [0.25, 0.3) is 93.9 Å². The maximum Gasteiger partial charge on any atom is 0.136 e. The van der Waals surface area contributed by atoms with Crippen molar-refractivity contribution in [3.63, 3.8) is 0 Å². The largest absolute Gasteiger partial charge is 0.456 e. The Morgan fingerprint density at radius 1 is 0.333 bits per heavy atom. The monoisotopic (exact) mass is 804 g/mol. The number of hydrogen-bond acceptors (Lipinski definition) is 2. The summed E-state index contributed by atoms with van der Waals surface area (Å²) in [7, 11) is 0. The molecule has 3 heteroatoms. The Morgan fingerprint density at radius 2 is 0.889 bits per heavy atom. The van der Waals surface area contributed by atoms with Crippen molar-refractivity contribution in [2.45, 2.75) is 0 Å². The zero-order valence-corrected chi connectivity index (χ0v) is 34.4. The van der Waals surface area contributed by atoms with Crippen LogP contribution in [0.4, 0.5) is 17.1 Å². The Bertz CT molecular complexity index is 3590. The highest BCUT2D eigenvalue weighted by Gasteiger charge is 2.26. The molecule has 0 unspecified atom stereocenters. The molecule has 0 saturated heterocycles. The predicted molar refractivity (Wildman–Crippen MR) is 264 cm³/mol. The van der Waals surface area contributed by atoms with Gasteiger partial charge in [0.15, 0.2) is 0 Å². The standard InChI is InChI=1S/C60H40N2O/c1-5-17-41(18-6-1)43-29-32-47(33-30-43)61(48-34-36-55-53(40-48)49-25-13-15-27-54(49)62(55)46-23-11-4-12-24-46)56-37-38-58-60(51-26-14-16-28-57(51)63-58)59(56)50-35-31-45(42-19-7-2-8-20-42)39-52(50)44-21-9-3-10-22-44/h1-40H. The van der Waals surface area contributed by atoms with Crippen LogP contribution < -0.4 is 4.90 Å². The predicted octanol–water partition coefficient (Wildman–Crippen LogP) is 16.8. The Labute approximate surface area is 366 Å². The number of fused-ring (bicyclic) bond motifs is 6. The zero-order valence-electron chi connectivity index (χ0n) is 34.4. The molecule has 2 aromatic heterocycles. The maximum absolute atomic E-state index is 6.69. The Morgan fingerprint density at radius 3 is 1.62 bits per heavy atom. The first kappa shape index (κ1) is 36.5. The maximum atomic E-state index is 6.69. The van der Waals surface area contributed by atoms with Crippen molar-refractivity contribution in [2.75, 3.05) is 4.90 Å². The molecular formula is C60H40N2O. The van der Waals surface area contributed by atoms with Crippen LogP contribution in [-0.2, 0) is 0 Å². The highest BCUT2D eigenvalue weighted by molar-refractivity contribution is 6.18. The van der Waals surface area contributed by atoms with E-state index < -0.39 is 0 Å². The van der Waals surface area contributed by atoms with Gasteiger partial charge in [-0.05, 0) is 112 Å². The van der Waals surface area contributed by atoms with Crippen LogP contribution in [0.3, 0.4) is 0 Å². The van der Waals surface area contributed by atoms with E-state index in [9.17, 15) is 0 Å². The molecule has 0 atom stereocenters. The number of hydrogen-bond donors (Lipinski definition) is 0. The van der Waals surface area contributed by atoms with Crippen LogP contribution in [0.1, 0.15) is 0 Å². The fourth-order valence-electron chi connectivity index (χ4n) is 9.51. The Hall–Kier alpha value is -8.40. The number of rotatable bonds is 8. The number of furan rings is 1. The molecule has 3 nitrogen and oxygen atoms in total. The summed E-state index contributed by atoms with van der Waals surface area (Å²) in [4.78, 5) is 2.44. The van der Waals surface area contributed by atoms with Gasteiger partial charge in [0, 0.05) is 44.2 Å². The van der Waals surface area contributed by atoms with Crippen molar-refractivity contribution >= 4 is 60.8 Å². The highest BCUT2D eigenvalue weighted by atomic mass is 16.3. The van der Waals surface area contributed by atoms with E-state index in [0.29, 0.717) is 0 Å². The fraction of sp³-hybridized carbons (Fsp3) is 0. The number of aromatic nitrogens is 1. The van der Waals surface area contributed by atoms with E-state index >= 15 is 0 Å². The van der Waals surface area contributed by atoms with Crippen LogP contribution in [0, 0.1) is 0 Å². The third-order valence-electron chi connectivity index (χ3n) is 12.4. The second-order valence-electron chi connectivity index (χ2n) is 16.1. The van der Waals surface area contributed by atoms with Gasteiger partial charge < -0.3 is 13.9 Å². The van der Waals surface area contributed by atoms with Crippen molar-refractivity contribution in [3.05, 3.63) is 243 Å². The minimum Gasteiger partial charge on any atom is -0.456 e. The molecular weight excluding hydrogens is 765 g/mol. The van der Waals surface area contributed by atoms with Crippen LogP contribution >= 0.6 is 0 Å². The van der Waals surface area contributed by atoms with Gasteiger partial charge in [0.25, 0.3) is 0 Å². The SMILES string of the molecule is c1ccc(-c2ccc(N(c3ccc4c(c3)c3ccccc3n4-c3ccccc3)c3ccc4oc5ccccc5c4c3-c3ccc(-c4ccccc4)cc3-c3ccccc3)cc2)cc1. The van der Waals surface area contributed by atoms with Crippen LogP contribution in [0.2, 0.25) is 0 Å². The molecule has 0 aliphatic rings. The molecule has 0 fully saturated rings.